The Bertz CT molecular complexity index is 919. The summed E-state index contributed by atoms with van der Waals surface area (Å²) in [6.45, 7) is 1.63. The second-order valence-electron chi connectivity index (χ2n) is 7.14. The minimum atomic E-state index is 0.137. The summed E-state index contributed by atoms with van der Waals surface area (Å²) in [5.74, 6) is 0.879. The lowest BCUT2D eigenvalue weighted by molar-refractivity contribution is 0.0779. The number of carbonyl (C=O) groups excluding carboxylic acids is 1. The monoisotopic (exact) mass is 380 g/mol. The summed E-state index contributed by atoms with van der Waals surface area (Å²) < 4.78 is 2.03. The summed E-state index contributed by atoms with van der Waals surface area (Å²) in [5.41, 5.74) is 2.76. The van der Waals surface area contributed by atoms with Crippen LogP contribution in [0.3, 0.4) is 0 Å². The van der Waals surface area contributed by atoms with Gasteiger partial charge in [-0.2, -0.15) is 0 Å². The maximum atomic E-state index is 13.1. The molecule has 1 aliphatic rings. The van der Waals surface area contributed by atoms with E-state index in [1.165, 1.54) is 0 Å². The number of nitrogens with zero attached hydrogens (tertiary/aromatic N) is 4. The van der Waals surface area contributed by atoms with E-state index in [-0.39, 0.29) is 5.91 Å². The van der Waals surface area contributed by atoms with E-state index in [2.05, 4.69) is 30.2 Å². The van der Waals surface area contributed by atoms with Gasteiger partial charge in [-0.15, -0.1) is 11.8 Å². The molecule has 6 heteroatoms. The van der Waals surface area contributed by atoms with Crippen LogP contribution >= 0.6 is 11.8 Å². The van der Waals surface area contributed by atoms with Crippen LogP contribution in [-0.4, -0.2) is 58.3 Å². The zero-order valence-corrected chi connectivity index (χ0v) is 16.5. The molecule has 1 amide bonds. The van der Waals surface area contributed by atoms with Crippen molar-refractivity contribution in [2.75, 3.05) is 27.2 Å². The lowest BCUT2D eigenvalue weighted by atomic mass is 10.2. The molecule has 0 unspecified atom stereocenters. The molecule has 2 aromatic heterocycles. The van der Waals surface area contributed by atoms with Crippen molar-refractivity contribution in [2.24, 2.45) is 0 Å². The van der Waals surface area contributed by atoms with Crippen LogP contribution in [0.5, 0.6) is 0 Å². The van der Waals surface area contributed by atoms with E-state index >= 15 is 0 Å². The molecule has 0 aliphatic carbocycles. The molecule has 1 aromatic carbocycles. The van der Waals surface area contributed by atoms with Crippen LogP contribution in [0.4, 0.5) is 0 Å². The molecule has 4 rings (SSSR count). The number of fused-ring (bicyclic) bond motifs is 1. The second kappa shape index (κ2) is 7.74. The van der Waals surface area contributed by atoms with Gasteiger partial charge in [-0.05, 0) is 44.8 Å². The number of amides is 1. The number of likely N-dealkylation sites (tertiary alicyclic amines) is 1. The van der Waals surface area contributed by atoms with Gasteiger partial charge in [0.05, 0.1) is 11.3 Å². The van der Waals surface area contributed by atoms with E-state index in [0.29, 0.717) is 6.04 Å². The molecule has 1 aliphatic heterocycles. The summed E-state index contributed by atoms with van der Waals surface area (Å²) in [7, 11) is 4.16. The molecule has 27 heavy (non-hydrogen) atoms. The molecule has 0 N–H and O–H groups in total. The average Bonchev–Trinajstić information content (AvgIpc) is 3.33. The number of aromatic nitrogens is 2. The van der Waals surface area contributed by atoms with Crippen molar-refractivity contribution in [1.29, 1.82) is 0 Å². The predicted octanol–water partition coefficient (Wildman–Crippen LogP) is 3.40. The van der Waals surface area contributed by atoms with E-state index < -0.39 is 0 Å². The number of imidazole rings is 1. The molecule has 1 fully saturated rings. The molecule has 3 aromatic rings. The normalized spacial score (nSPS) is 17.1. The zero-order chi connectivity index (χ0) is 18.8. The summed E-state index contributed by atoms with van der Waals surface area (Å²) >= 11 is 1.68. The smallest absolute Gasteiger partial charge is 0.255 e. The lowest BCUT2D eigenvalue weighted by Crippen LogP contribution is -2.34. The Balaban J connectivity index is 1.48. The van der Waals surface area contributed by atoms with Crippen LogP contribution in [0.25, 0.3) is 5.65 Å². The highest BCUT2D eigenvalue weighted by atomic mass is 32.2. The lowest BCUT2D eigenvalue weighted by Gasteiger charge is -2.21. The van der Waals surface area contributed by atoms with Crippen molar-refractivity contribution < 1.29 is 4.79 Å². The third-order valence-electron chi connectivity index (χ3n) is 5.09. The van der Waals surface area contributed by atoms with Crippen LogP contribution in [0.1, 0.15) is 22.5 Å². The van der Waals surface area contributed by atoms with Crippen LogP contribution in [0.2, 0.25) is 0 Å². The molecule has 0 saturated carbocycles. The van der Waals surface area contributed by atoms with Crippen LogP contribution in [0, 0.1) is 0 Å². The fourth-order valence-corrected chi connectivity index (χ4v) is 4.42. The molecular weight excluding hydrogens is 356 g/mol. The maximum Gasteiger partial charge on any atom is 0.255 e. The van der Waals surface area contributed by atoms with Crippen molar-refractivity contribution in [3.8, 4) is 0 Å². The number of hydrogen-bond acceptors (Lipinski definition) is 4. The van der Waals surface area contributed by atoms with Gasteiger partial charge >= 0.3 is 0 Å². The van der Waals surface area contributed by atoms with Crippen molar-refractivity contribution in [3.63, 3.8) is 0 Å². The number of carbonyl (C=O) groups is 1. The van der Waals surface area contributed by atoms with Gasteiger partial charge in [0.1, 0.15) is 5.65 Å². The summed E-state index contributed by atoms with van der Waals surface area (Å²) in [5, 5.41) is 0. The molecule has 0 radical (unpaired) electrons. The maximum absolute atomic E-state index is 13.1. The Kier molecular flexibility index (Phi) is 5.18. The van der Waals surface area contributed by atoms with E-state index in [0.717, 1.165) is 47.1 Å². The topological polar surface area (TPSA) is 40.9 Å². The van der Waals surface area contributed by atoms with Crippen molar-refractivity contribution >= 4 is 23.3 Å². The standard InChI is InChI=1S/C21H24N4OS/c1-23(2)17-10-12-25(14-17)21(26)18-7-3-4-8-19(18)27-15-16-13-24-11-6-5-9-20(24)22-16/h3-9,11,13,17H,10,12,14-15H2,1-2H3/t17-/m0/s1. The average molecular weight is 381 g/mol. The van der Waals surface area contributed by atoms with Crippen molar-refractivity contribution in [2.45, 2.75) is 23.1 Å². The summed E-state index contributed by atoms with van der Waals surface area (Å²) in [6, 6.07) is 14.4. The molecule has 5 nitrogen and oxygen atoms in total. The van der Waals surface area contributed by atoms with Crippen LogP contribution in [0.15, 0.2) is 59.8 Å². The summed E-state index contributed by atoms with van der Waals surface area (Å²) in [4.78, 5) is 22.9. The van der Waals surface area contributed by atoms with Gasteiger partial charge in [-0.25, -0.2) is 4.98 Å². The van der Waals surface area contributed by atoms with Gasteiger partial charge in [0, 0.05) is 42.2 Å². The highest BCUT2D eigenvalue weighted by Crippen LogP contribution is 2.28. The fourth-order valence-electron chi connectivity index (χ4n) is 3.50. The van der Waals surface area contributed by atoms with E-state index in [9.17, 15) is 4.79 Å². The minimum absolute atomic E-state index is 0.137. The first-order valence-electron chi connectivity index (χ1n) is 9.22. The van der Waals surface area contributed by atoms with Crippen molar-refractivity contribution in [3.05, 3.63) is 66.1 Å². The molecule has 3 heterocycles. The molecule has 0 spiro atoms. The molecule has 1 saturated heterocycles. The van der Waals surface area contributed by atoms with Crippen molar-refractivity contribution in [1.82, 2.24) is 19.2 Å². The summed E-state index contributed by atoms with van der Waals surface area (Å²) in [6.07, 6.45) is 5.09. The Hall–Kier alpha value is -2.31. The Labute approximate surface area is 164 Å². The number of hydrogen-bond donors (Lipinski definition) is 0. The predicted molar refractivity (Wildman–Crippen MR) is 109 cm³/mol. The van der Waals surface area contributed by atoms with Gasteiger partial charge in [-0.3, -0.25) is 4.79 Å². The first-order valence-corrected chi connectivity index (χ1v) is 10.2. The Morgan fingerprint density at radius 1 is 1.22 bits per heavy atom. The molecule has 1 atom stereocenters. The molecule has 0 bridgehead atoms. The zero-order valence-electron chi connectivity index (χ0n) is 15.7. The highest BCUT2D eigenvalue weighted by molar-refractivity contribution is 7.98. The first kappa shape index (κ1) is 18.1. The number of pyridine rings is 1. The Morgan fingerprint density at radius 2 is 2.04 bits per heavy atom. The minimum Gasteiger partial charge on any atom is -0.337 e. The quantitative estimate of drug-likeness (QED) is 0.636. The SMILES string of the molecule is CN(C)[C@H]1CCN(C(=O)c2ccccc2SCc2cn3ccccc3n2)C1. The van der Waals surface area contributed by atoms with Crippen LogP contribution < -0.4 is 0 Å². The highest BCUT2D eigenvalue weighted by Gasteiger charge is 2.29. The third-order valence-corrected chi connectivity index (χ3v) is 6.19. The fraction of sp³-hybridized carbons (Fsp3) is 0.333. The van der Waals surface area contributed by atoms with Crippen LogP contribution in [-0.2, 0) is 5.75 Å². The molecular formula is C21H24N4OS. The molecule has 140 valence electrons. The Morgan fingerprint density at radius 3 is 2.81 bits per heavy atom. The van der Waals surface area contributed by atoms with E-state index in [1.807, 2.05) is 58.0 Å². The van der Waals surface area contributed by atoms with Gasteiger partial charge in [0.25, 0.3) is 5.91 Å². The van der Waals surface area contributed by atoms with Gasteiger partial charge < -0.3 is 14.2 Å². The van der Waals surface area contributed by atoms with Gasteiger partial charge in [0.2, 0.25) is 0 Å². The number of benzene rings is 1. The number of thioether (sulfide) groups is 1. The number of likely N-dealkylation sites (N-methyl/N-ethyl adjacent to an activating group) is 1. The van der Waals surface area contributed by atoms with E-state index in [1.54, 1.807) is 11.8 Å². The van der Waals surface area contributed by atoms with Gasteiger partial charge in [-0.1, -0.05) is 18.2 Å². The first-order chi connectivity index (χ1) is 13.1. The third kappa shape index (κ3) is 3.87. The second-order valence-corrected chi connectivity index (χ2v) is 8.16. The number of rotatable bonds is 5. The largest absolute Gasteiger partial charge is 0.337 e. The van der Waals surface area contributed by atoms with E-state index in [4.69, 9.17) is 0 Å². The van der Waals surface area contributed by atoms with Gasteiger partial charge in [0.15, 0.2) is 0 Å².